The smallest absolute Gasteiger partial charge is 0.550 e. The summed E-state index contributed by atoms with van der Waals surface area (Å²) in [7, 11) is 0. The molecule has 0 spiro atoms. The monoisotopic (exact) mass is 557 g/mol. The van der Waals surface area contributed by atoms with Crippen LogP contribution >= 0.6 is 35.0 Å². The second-order valence-electron chi connectivity index (χ2n) is 8.37. The molecule has 0 saturated carbocycles. The Morgan fingerprint density at radius 2 is 1.81 bits per heavy atom. The molecule has 1 aliphatic carbocycles. The molecule has 1 aromatic heterocycles. The fourth-order valence-electron chi connectivity index (χ4n) is 4.23. The van der Waals surface area contributed by atoms with Gasteiger partial charge in [-0.25, -0.2) is 9.37 Å². The van der Waals surface area contributed by atoms with E-state index in [1.807, 2.05) is 60.7 Å². The van der Waals surface area contributed by atoms with Gasteiger partial charge < -0.3 is 9.90 Å². The number of fused-ring (bicyclic) bond motifs is 3. The first kappa shape index (κ1) is 27.9. The summed E-state index contributed by atoms with van der Waals surface area (Å²) in [6, 6.07) is 18.5. The molecule has 1 unspecified atom stereocenters. The van der Waals surface area contributed by atoms with E-state index in [1.165, 1.54) is 12.1 Å². The fourth-order valence-corrected chi connectivity index (χ4v) is 6.07. The van der Waals surface area contributed by atoms with Crippen LogP contribution in [0.1, 0.15) is 45.2 Å². The predicted octanol–water partition coefficient (Wildman–Crippen LogP) is 4.30. The van der Waals surface area contributed by atoms with Crippen molar-refractivity contribution in [3.05, 3.63) is 110 Å². The molecule has 0 saturated heterocycles. The van der Waals surface area contributed by atoms with Crippen molar-refractivity contribution >= 4 is 76.1 Å². The Labute approximate surface area is 250 Å². The molecule has 0 radical (unpaired) electrons. The van der Waals surface area contributed by atoms with Crippen molar-refractivity contribution in [3.8, 4) is 0 Å². The van der Waals surface area contributed by atoms with Gasteiger partial charge in [-0.3, -0.25) is 0 Å². The summed E-state index contributed by atoms with van der Waals surface area (Å²) in [4.78, 5) is 15.6. The third kappa shape index (κ3) is 6.31. The van der Waals surface area contributed by atoms with Crippen LogP contribution in [0, 0.1) is 5.82 Å². The molecular formula is C29H19Cl2FNNaO2S. The minimum absolute atomic E-state index is 0. The van der Waals surface area contributed by atoms with E-state index in [9.17, 15) is 14.3 Å². The van der Waals surface area contributed by atoms with E-state index in [2.05, 4.69) is 17.1 Å². The van der Waals surface area contributed by atoms with Crippen molar-refractivity contribution in [2.75, 3.05) is 5.75 Å². The Morgan fingerprint density at radius 3 is 2.62 bits per heavy atom. The van der Waals surface area contributed by atoms with Crippen LogP contribution in [-0.4, -0.2) is 16.7 Å². The second kappa shape index (κ2) is 12.2. The summed E-state index contributed by atoms with van der Waals surface area (Å²) in [5.74, 6) is -1.14. The molecule has 4 aromatic rings. The van der Waals surface area contributed by atoms with Crippen molar-refractivity contribution in [2.24, 2.45) is 0 Å². The van der Waals surface area contributed by atoms with Gasteiger partial charge in [-0.05, 0) is 76.4 Å². The second-order valence-corrected chi connectivity index (χ2v) is 10.4. The van der Waals surface area contributed by atoms with Gasteiger partial charge in [0.25, 0.3) is 0 Å². The maximum absolute atomic E-state index is 13.7. The van der Waals surface area contributed by atoms with Crippen LogP contribution in [0.2, 0.25) is 10.0 Å². The number of rotatable bonds is 6. The summed E-state index contributed by atoms with van der Waals surface area (Å²) >= 11 is 14.1. The number of carboxylic acids is 1. The molecule has 3 aromatic carbocycles. The number of halogens is 3. The van der Waals surface area contributed by atoms with Gasteiger partial charge in [0.1, 0.15) is 5.82 Å². The van der Waals surface area contributed by atoms with Crippen LogP contribution in [-0.2, 0) is 4.79 Å². The maximum atomic E-state index is 13.7. The van der Waals surface area contributed by atoms with Gasteiger partial charge in [-0.2, -0.15) is 0 Å². The van der Waals surface area contributed by atoms with E-state index in [1.54, 1.807) is 11.8 Å². The minimum atomic E-state index is -1.07. The standard InChI is InChI=1S/C29H20Cl2FNO2S.Na/c30-23-3-1-2-19-8-7-18-6-4-17(14-22(18)29(28(19)23)36-13-12-27(34)35)5-10-21-11-9-20-15-25(32)24(31)16-26(20)33-21;/h1-11,14-16,29H,12-13H2,(H,34,35);/q;+1/p-1. The Hall–Kier alpha value is -2.12. The number of hydrogen-bond acceptors (Lipinski definition) is 4. The topological polar surface area (TPSA) is 53.0 Å². The number of hydrogen-bond donors (Lipinski definition) is 0. The molecule has 0 aliphatic heterocycles. The van der Waals surface area contributed by atoms with Crippen molar-refractivity contribution < 1.29 is 43.8 Å². The SMILES string of the molecule is O=C([O-])CCSC1c2cc(C=Cc3ccc4cc(F)c(Cl)cc4n3)ccc2C=Cc2cccc(Cl)c21.[Na+]. The minimum Gasteiger partial charge on any atom is -0.550 e. The number of carbonyl (C=O) groups excluding carboxylic acids is 1. The van der Waals surface area contributed by atoms with Gasteiger partial charge in [0.05, 0.1) is 21.5 Å². The van der Waals surface area contributed by atoms with Crippen molar-refractivity contribution in [1.29, 1.82) is 0 Å². The van der Waals surface area contributed by atoms with Crippen LogP contribution in [0.3, 0.4) is 0 Å². The molecular weight excluding hydrogens is 539 g/mol. The van der Waals surface area contributed by atoms with E-state index in [4.69, 9.17) is 23.2 Å². The number of carbonyl (C=O) groups is 1. The average Bonchev–Trinajstić information content (AvgIpc) is 3.01. The summed E-state index contributed by atoms with van der Waals surface area (Å²) in [5.41, 5.74) is 6.38. The average molecular weight is 558 g/mol. The summed E-state index contributed by atoms with van der Waals surface area (Å²) in [5, 5.41) is 12.3. The van der Waals surface area contributed by atoms with Crippen molar-refractivity contribution in [3.63, 3.8) is 0 Å². The van der Waals surface area contributed by atoms with Gasteiger partial charge in [-0.1, -0.05) is 71.8 Å². The van der Waals surface area contributed by atoms with Gasteiger partial charge in [0, 0.05) is 16.4 Å². The number of carboxylic acid groups (broad SMARTS) is 1. The zero-order valence-electron chi connectivity index (χ0n) is 19.9. The van der Waals surface area contributed by atoms with Gasteiger partial charge in [0.2, 0.25) is 0 Å². The Balaban J connectivity index is 0.00000320. The predicted molar refractivity (Wildman–Crippen MR) is 146 cm³/mol. The molecule has 0 amide bonds. The van der Waals surface area contributed by atoms with E-state index in [0.717, 1.165) is 27.8 Å². The first-order valence-electron chi connectivity index (χ1n) is 11.2. The van der Waals surface area contributed by atoms with E-state index in [0.29, 0.717) is 27.4 Å². The van der Waals surface area contributed by atoms with E-state index in [-0.39, 0.29) is 46.3 Å². The Bertz CT molecular complexity index is 1560. The molecule has 5 rings (SSSR count). The third-order valence-electron chi connectivity index (χ3n) is 5.97. The number of thioether (sulfide) groups is 1. The van der Waals surface area contributed by atoms with Gasteiger partial charge in [0.15, 0.2) is 0 Å². The Morgan fingerprint density at radius 1 is 1.00 bits per heavy atom. The first-order valence-corrected chi connectivity index (χ1v) is 13.1. The zero-order chi connectivity index (χ0) is 25.2. The molecule has 180 valence electrons. The molecule has 1 heterocycles. The molecule has 8 heteroatoms. The quantitative estimate of drug-likeness (QED) is 0.332. The molecule has 0 N–H and O–H groups in total. The number of aromatic nitrogens is 1. The molecule has 1 aliphatic rings. The number of nitrogens with zero attached hydrogens (tertiary/aromatic N) is 1. The van der Waals surface area contributed by atoms with Crippen molar-refractivity contribution in [2.45, 2.75) is 11.7 Å². The van der Waals surface area contributed by atoms with Gasteiger partial charge >= 0.3 is 29.6 Å². The number of benzene rings is 3. The largest absolute Gasteiger partial charge is 1.00 e. The zero-order valence-corrected chi connectivity index (χ0v) is 24.2. The van der Waals surface area contributed by atoms with Crippen molar-refractivity contribution in [1.82, 2.24) is 4.98 Å². The summed E-state index contributed by atoms with van der Waals surface area (Å²) in [6.07, 6.45) is 7.92. The molecule has 0 bridgehead atoms. The molecule has 0 fully saturated rings. The van der Waals surface area contributed by atoms with E-state index < -0.39 is 11.8 Å². The summed E-state index contributed by atoms with van der Waals surface area (Å²) in [6.45, 7) is 0. The van der Waals surface area contributed by atoms with Gasteiger partial charge in [-0.15, -0.1) is 11.8 Å². The molecule has 37 heavy (non-hydrogen) atoms. The normalized spacial score (nSPS) is 14.2. The Kier molecular flexibility index (Phi) is 9.17. The van der Waals surface area contributed by atoms with Crippen LogP contribution in [0.15, 0.2) is 60.7 Å². The summed E-state index contributed by atoms with van der Waals surface area (Å²) < 4.78 is 13.7. The van der Waals surface area contributed by atoms with Crippen LogP contribution in [0.25, 0.3) is 35.2 Å². The maximum Gasteiger partial charge on any atom is 1.00 e. The van der Waals surface area contributed by atoms with Crippen LogP contribution in [0.4, 0.5) is 4.39 Å². The first-order chi connectivity index (χ1) is 17.4. The van der Waals surface area contributed by atoms with Crippen LogP contribution < -0.4 is 34.7 Å². The fraction of sp³-hybridized carbons (Fsp3) is 0.103. The molecule has 3 nitrogen and oxygen atoms in total. The molecule has 1 atom stereocenters. The number of pyridine rings is 1. The van der Waals surface area contributed by atoms with Crippen LogP contribution in [0.5, 0.6) is 0 Å². The van der Waals surface area contributed by atoms with E-state index >= 15 is 0 Å². The number of aliphatic carboxylic acids is 1. The third-order valence-corrected chi connectivity index (χ3v) is 7.86.